The molecule has 1 aliphatic rings. The third-order valence-electron chi connectivity index (χ3n) is 4.83. The molecule has 5 heteroatoms. The van der Waals surface area contributed by atoms with Gasteiger partial charge in [0, 0.05) is 22.7 Å². The van der Waals surface area contributed by atoms with Crippen molar-refractivity contribution in [2.75, 3.05) is 5.32 Å². The number of hydrogen-bond donors (Lipinski definition) is 1. The van der Waals surface area contributed by atoms with Gasteiger partial charge in [-0.2, -0.15) is 5.10 Å². The Kier molecular flexibility index (Phi) is 4.51. The first-order chi connectivity index (χ1) is 12.6. The first-order valence-corrected chi connectivity index (χ1v) is 9.12. The van der Waals surface area contributed by atoms with E-state index in [2.05, 4.69) is 22.5 Å². The maximum atomic E-state index is 12.5. The summed E-state index contributed by atoms with van der Waals surface area (Å²) in [5.41, 5.74) is 3.35. The minimum atomic E-state index is 0.0409. The topological polar surface area (TPSA) is 46.9 Å². The molecule has 0 bridgehead atoms. The minimum Gasteiger partial charge on any atom is -0.309 e. The SMILES string of the molecule is Cc1cc(NC(=O)C2CC2c2ccccc2)nn1Cc1ccc(Cl)cc1. The van der Waals surface area contributed by atoms with Gasteiger partial charge in [0.25, 0.3) is 0 Å². The Morgan fingerprint density at radius 3 is 2.65 bits per heavy atom. The van der Waals surface area contributed by atoms with Gasteiger partial charge in [-0.05, 0) is 42.5 Å². The van der Waals surface area contributed by atoms with E-state index in [1.165, 1.54) is 5.56 Å². The first-order valence-electron chi connectivity index (χ1n) is 8.75. The molecule has 132 valence electrons. The lowest BCUT2D eigenvalue weighted by Crippen LogP contribution is -2.15. The number of carbonyl (C=O) groups excluding carboxylic acids is 1. The van der Waals surface area contributed by atoms with Gasteiger partial charge < -0.3 is 5.32 Å². The van der Waals surface area contributed by atoms with Crippen molar-refractivity contribution in [1.82, 2.24) is 9.78 Å². The standard InChI is InChI=1S/C21H20ClN3O/c1-14-11-20(24-25(14)13-15-7-9-17(22)10-8-15)23-21(26)19-12-18(19)16-5-3-2-4-6-16/h2-11,18-19H,12-13H2,1H3,(H,23,24,26). The highest BCUT2D eigenvalue weighted by atomic mass is 35.5. The summed E-state index contributed by atoms with van der Waals surface area (Å²) in [6, 6.07) is 19.8. The second-order valence-corrected chi connectivity index (χ2v) is 7.24. The van der Waals surface area contributed by atoms with Crippen molar-refractivity contribution in [2.45, 2.75) is 25.8 Å². The van der Waals surface area contributed by atoms with Crippen molar-refractivity contribution in [3.8, 4) is 0 Å². The van der Waals surface area contributed by atoms with Crippen LogP contribution in [0.4, 0.5) is 5.82 Å². The van der Waals surface area contributed by atoms with Crippen LogP contribution in [0.5, 0.6) is 0 Å². The van der Waals surface area contributed by atoms with E-state index in [1.807, 2.05) is 60.1 Å². The Labute approximate surface area is 157 Å². The summed E-state index contributed by atoms with van der Waals surface area (Å²) in [5.74, 6) is 1.03. The lowest BCUT2D eigenvalue weighted by molar-refractivity contribution is -0.117. The van der Waals surface area contributed by atoms with Gasteiger partial charge in [-0.3, -0.25) is 9.48 Å². The average Bonchev–Trinajstić information content (AvgIpc) is 3.38. The van der Waals surface area contributed by atoms with E-state index >= 15 is 0 Å². The monoisotopic (exact) mass is 365 g/mol. The Morgan fingerprint density at radius 1 is 1.19 bits per heavy atom. The number of hydrogen-bond acceptors (Lipinski definition) is 2. The van der Waals surface area contributed by atoms with Gasteiger partial charge in [-0.15, -0.1) is 0 Å². The van der Waals surface area contributed by atoms with Crippen LogP contribution in [0.2, 0.25) is 5.02 Å². The van der Waals surface area contributed by atoms with Crippen LogP contribution >= 0.6 is 11.6 Å². The number of nitrogens with zero attached hydrogens (tertiary/aromatic N) is 2. The van der Waals surface area contributed by atoms with Gasteiger partial charge in [0.1, 0.15) is 0 Å². The van der Waals surface area contributed by atoms with Crippen LogP contribution in [0.1, 0.15) is 29.2 Å². The van der Waals surface area contributed by atoms with Gasteiger partial charge in [-0.25, -0.2) is 0 Å². The molecular formula is C21H20ClN3O. The number of aryl methyl sites for hydroxylation is 1. The summed E-state index contributed by atoms with van der Waals surface area (Å²) in [5, 5.41) is 8.21. The lowest BCUT2D eigenvalue weighted by Gasteiger charge is -2.05. The molecule has 1 fully saturated rings. The number of halogens is 1. The summed E-state index contributed by atoms with van der Waals surface area (Å²) in [6.45, 7) is 2.64. The van der Waals surface area contributed by atoms with Crippen molar-refractivity contribution < 1.29 is 4.79 Å². The van der Waals surface area contributed by atoms with E-state index in [0.717, 1.165) is 22.7 Å². The number of rotatable bonds is 5. The molecule has 1 N–H and O–H groups in total. The maximum Gasteiger partial charge on any atom is 0.229 e. The zero-order valence-corrected chi connectivity index (χ0v) is 15.3. The predicted octanol–water partition coefficient (Wildman–Crippen LogP) is 4.64. The van der Waals surface area contributed by atoms with Gasteiger partial charge in [0.15, 0.2) is 5.82 Å². The van der Waals surface area contributed by atoms with Crippen LogP contribution in [0.3, 0.4) is 0 Å². The number of amides is 1. The summed E-state index contributed by atoms with van der Waals surface area (Å²) in [4.78, 5) is 12.5. The molecule has 0 aliphatic heterocycles. The van der Waals surface area contributed by atoms with Crippen LogP contribution in [-0.4, -0.2) is 15.7 Å². The van der Waals surface area contributed by atoms with Gasteiger partial charge >= 0.3 is 0 Å². The van der Waals surface area contributed by atoms with Crippen LogP contribution < -0.4 is 5.32 Å². The second-order valence-electron chi connectivity index (χ2n) is 6.80. The molecule has 1 saturated carbocycles. The van der Waals surface area contributed by atoms with Gasteiger partial charge in [0.05, 0.1) is 6.54 Å². The fourth-order valence-corrected chi connectivity index (χ4v) is 3.39. The first kappa shape index (κ1) is 16.9. The number of carbonyl (C=O) groups is 1. The third kappa shape index (κ3) is 3.65. The highest BCUT2D eigenvalue weighted by Gasteiger charge is 2.44. The summed E-state index contributed by atoms with van der Waals surface area (Å²) in [7, 11) is 0. The summed E-state index contributed by atoms with van der Waals surface area (Å²) < 4.78 is 1.89. The number of nitrogens with one attached hydrogen (secondary N) is 1. The molecule has 1 aliphatic carbocycles. The van der Waals surface area contributed by atoms with Crippen molar-refractivity contribution in [2.24, 2.45) is 5.92 Å². The largest absolute Gasteiger partial charge is 0.309 e. The minimum absolute atomic E-state index is 0.0409. The van der Waals surface area contributed by atoms with E-state index in [9.17, 15) is 4.79 Å². The van der Waals surface area contributed by atoms with Gasteiger partial charge in [0.2, 0.25) is 5.91 Å². The van der Waals surface area contributed by atoms with Crippen molar-refractivity contribution >= 4 is 23.3 Å². The fourth-order valence-electron chi connectivity index (χ4n) is 3.27. The normalized spacial score (nSPS) is 18.5. The molecule has 1 amide bonds. The lowest BCUT2D eigenvalue weighted by atomic mass is 10.1. The van der Waals surface area contributed by atoms with E-state index in [1.54, 1.807) is 0 Å². The number of aromatic nitrogens is 2. The zero-order valence-electron chi connectivity index (χ0n) is 14.5. The Morgan fingerprint density at radius 2 is 1.92 bits per heavy atom. The molecular weight excluding hydrogens is 346 g/mol. The van der Waals surface area contributed by atoms with Crippen LogP contribution in [0.25, 0.3) is 0 Å². The number of benzene rings is 2. The average molecular weight is 366 g/mol. The predicted molar refractivity (Wildman–Crippen MR) is 103 cm³/mol. The summed E-state index contributed by atoms with van der Waals surface area (Å²) in [6.07, 6.45) is 0.903. The molecule has 2 atom stereocenters. The maximum absolute atomic E-state index is 12.5. The highest BCUT2D eigenvalue weighted by molar-refractivity contribution is 6.30. The van der Waals surface area contributed by atoms with E-state index in [-0.39, 0.29) is 11.8 Å². The molecule has 1 heterocycles. The molecule has 1 aromatic heterocycles. The van der Waals surface area contributed by atoms with Crippen LogP contribution in [0.15, 0.2) is 60.7 Å². The van der Waals surface area contributed by atoms with Crippen molar-refractivity contribution in [3.63, 3.8) is 0 Å². The molecule has 2 aromatic carbocycles. The third-order valence-corrected chi connectivity index (χ3v) is 5.08. The van der Waals surface area contributed by atoms with Crippen LogP contribution in [0, 0.1) is 12.8 Å². The van der Waals surface area contributed by atoms with E-state index < -0.39 is 0 Å². The Balaban J connectivity index is 1.40. The molecule has 4 rings (SSSR count). The molecule has 3 aromatic rings. The molecule has 0 radical (unpaired) electrons. The smallest absolute Gasteiger partial charge is 0.229 e. The molecule has 2 unspecified atom stereocenters. The number of anilines is 1. The van der Waals surface area contributed by atoms with Crippen molar-refractivity contribution in [3.05, 3.63) is 82.5 Å². The van der Waals surface area contributed by atoms with Crippen LogP contribution in [-0.2, 0) is 11.3 Å². The highest BCUT2D eigenvalue weighted by Crippen LogP contribution is 2.47. The molecule has 26 heavy (non-hydrogen) atoms. The van der Waals surface area contributed by atoms with E-state index in [0.29, 0.717) is 18.3 Å². The molecule has 0 saturated heterocycles. The molecule has 4 nitrogen and oxygen atoms in total. The zero-order chi connectivity index (χ0) is 18.1. The Bertz CT molecular complexity index is 918. The molecule has 0 spiro atoms. The Hall–Kier alpha value is -2.59. The summed E-state index contributed by atoms with van der Waals surface area (Å²) >= 11 is 5.93. The van der Waals surface area contributed by atoms with Gasteiger partial charge in [-0.1, -0.05) is 54.1 Å². The second kappa shape index (κ2) is 6.96. The van der Waals surface area contributed by atoms with E-state index in [4.69, 9.17) is 11.6 Å². The quantitative estimate of drug-likeness (QED) is 0.716. The fraction of sp³-hybridized carbons (Fsp3) is 0.238. The van der Waals surface area contributed by atoms with Crippen molar-refractivity contribution in [1.29, 1.82) is 0 Å².